The van der Waals surface area contributed by atoms with Gasteiger partial charge in [0.2, 0.25) is 0 Å². The molecule has 7 heteroatoms. The summed E-state index contributed by atoms with van der Waals surface area (Å²) in [6.07, 6.45) is 1.69. The lowest BCUT2D eigenvalue weighted by Crippen LogP contribution is -2.49. The van der Waals surface area contributed by atoms with Crippen molar-refractivity contribution in [3.63, 3.8) is 0 Å². The predicted molar refractivity (Wildman–Crippen MR) is 106 cm³/mol. The van der Waals surface area contributed by atoms with Crippen LogP contribution in [-0.2, 0) is 4.74 Å². The molecule has 1 aliphatic rings. The number of ether oxygens (including phenoxy) is 2. The molecule has 0 bridgehead atoms. The summed E-state index contributed by atoms with van der Waals surface area (Å²) in [6.45, 7) is 4.18. The van der Waals surface area contributed by atoms with Crippen LogP contribution in [0, 0.1) is 0 Å². The molecule has 1 N–H and O–H groups in total. The van der Waals surface area contributed by atoms with Gasteiger partial charge < -0.3 is 24.6 Å². The van der Waals surface area contributed by atoms with Gasteiger partial charge >= 0.3 is 0 Å². The first kappa shape index (κ1) is 19.0. The van der Waals surface area contributed by atoms with Gasteiger partial charge in [0.1, 0.15) is 11.4 Å². The Balaban J connectivity index is 1.56. The smallest absolute Gasteiger partial charge is 0.272 e. The van der Waals surface area contributed by atoms with E-state index in [2.05, 4.69) is 15.2 Å². The molecule has 27 heavy (non-hydrogen) atoms. The second kappa shape index (κ2) is 9.23. The lowest BCUT2D eigenvalue weighted by molar-refractivity contribution is 0.0741. The maximum Gasteiger partial charge on any atom is 0.272 e. The number of carbonyl (C=O) groups excluding carboxylic acids is 1. The van der Waals surface area contributed by atoms with Crippen LogP contribution in [0.4, 0.5) is 11.4 Å². The molecule has 7 nitrogen and oxygen atoms in total. The summed E-state index contributed by atoms with van der Waals surface area (Å²) in [5, 5.41) is 3.20. The van der Waals surface area contributed by atoms with Crippen molar-refractivity contribution in [2.24, 2.45) is 0 Å². The third kappa shape index (κ3) is 4.68. The highest BCUT2D eigenvalue weighted by Gasteiger charge is 2.24. The second-order valence-corrected chi connectivity index (χ2v) is 6.30. The number of carbonyl (C=O) groups is 1. The van der Waals surface area contributed by atoms with E-state index in [1.54, 1.807) is 26.5 Å². The van der Waals surface area contributed by atoms with Crippen molar-refractivity contribution in [1.29, 1.82) is 0 Å². The summed E-state index contributed by atoms with van der Waals surface area (Å²) in [5.74, 6) is 0.827. The van der Waals surface area contributed by atoms with Crippen molar-refractivity contribution in [3.8, 4) is 5.75 Å². The minimum Gasteiger partial charge on any atom is -0.495 e. The van der Waals surface area contributed by atoms with Crippen molar-refractivity contribution < 1.29 is 14.3 Å². The molecule has 1 aromatic carbocycles. The Kier molecular flexibility index (Phi) is 6.49. The molecule has 1 aliphatic heterocycles. The molecule has 0 saturated carbocycles. The van der Waals surface area contributed by atoms with Crippen LogP contribution in [-0.4, -0.2) is 69.3 Å². The van der Waals surface area contributed by atoms with Crippen LogP contribution in [0.3, 0.4) is 0 Å². The molecule has 0 atom stereocenters. The van der Waals surface area contributed by atoms with Gasteiger partial charge in [-0.25, -0.2) is 4.98 Å². The SMILES string of the molecule is COCCNc1ccc(C(=O)N2CCN(c3ccccc3OC)CC2)nc1. The highest BCUT2D eigenvalue weighted by atomic mass is 16.5. The third-order valence-electron chi connectivity index (χ3n) is 4.61. The average Bonchev–Trinajstić information content (AvgIpc) is 2.74. The number of anilines is 2. The van der Waals surface area contributed by atoms with Crippen LogP contribution < -0.4 is 15.0 Å². The quantitative estimate of drug-likeness (QED) is 0.753. The summed E-state index contributed by atoms with van der Waals surface area (Å²) in [5.41, 5.74) is 2.42. The van der Waals surface area contributed by atoms with Crippen molar-refractivity contribution in [1.82, 2.24) is 9.88 Å². The predicted octanol–water partition coefficient (Wildman–Crippen LogP) is 2.11. The first-order valence-corrected chi connectivity index (χ1v) is 9.09. The van der Waals surface area contributed by atoms with Gasteiger partial charge in [0.05, 0.1) is 31.3 Å². The number of hydrogen-bond donors (Lipinski definition) is 1. The standard InChI is InChI=1S/C20H26N4O3/c1-26-14-9-21-16-7-8-17(22-15-16)20(25)24-12-10-23(11-13-24)18-5-3-4-6-19(18)27-2/h3-8,15,21H,9-14H2,1-2H3. The zero-order valence-electron chi connectivity index (χ0n) is 15.9. The lowest BCUT2D eigenvalue weighted by atomic mass is 10.2. The van der Waals surface area contributed by atoms with E-state index >= 15 is 0 Å². The summed E-state index contributed by atoms with van der Waals surface area (Å²) in [6, 6.07) is 11.6. The van der Waals surface area contributed by atoms with Gasteiger partial charge in [-0.05, 0) is 24.3 Å². The van der Waals surface area contributed by atoms with Crippen LogP contribution in [0.15, 0.2) is 42.6 Å². The fourth-order valence-electron chi connectivity index (χ4n) is 3.13. The minimum absolute atomic E-state index is 0.0295. The van der Waals surface area contributed by atoms with Crippen LogP contribution in [0.2, 0.25) is 0 Å². The van der Waals surface area contributed by atoms with Crippen LogP contribution in [0.1, 0.15) is 10.5 Å². The molecule has 0 spiro atoms. The zero-order chi connectivity index (χ0) is 19.1. The summed E-state index contributed by atoms with van der Waals surface area (Å²) >= 11 is 0. The molecule has 144 valence electrons. The normalized spacial score (nSPS) is 14.1. The largest absolute Gasteiger partial charge is 0.495 e. The Morgan fingerprint density at radius 1 is 1.11 bits per heavy atom. The van der Waals surface area contributed by atoms with Crippen molar-refractivity contribution in [2.45, 2.75) is 0 Å². The van der Waals surface area contributed by atoms with Gasteiger partial charge in [-0.2, -0.15) is 0 Å². The Bertz CT molecular complexity index is 743. The van der Waals surface area contributed by atoms with Gasteiger partial charge in [-0.1, -0.05) is 12.1 Å². The van der Waals surface area contributed by atoms with Gasteiger partial charge in [0.25, 0.3) is 5.91 Å². The Hall–Kier alpha value is -2.80. The number of nitrogens with one attached hydrogen (secondary N) is 1. The second-order valence-electron chi connectivity index (χ2n) is 6.30. The number of amides is 1. The van der Waals surface area contributed by atoms with E-state index in [1.807, 2.05) is 35.2 Å². The highest BCUT2D eigenvalue weighted by Crippen LogP contribution is 2.28. The fourth-order valence-corrected chi connectivity index (χ4v) is 3.13. The van der Waals surface area contributed by atoms with Crippen molar-refractivity contribution in [3.05, 3.63) is 48.3 Å². The van der Waals surface area contributed by atoms with E-state index in [4.69, 9.17) is 9.47 Å². The molecule has 1 saturated heterocycles. The molecule has 1 fully saturated rings. The number of rotatable bonds is 7. The van der Waals surface area contributed by atoms with Crippen molar-refractivity contribution in [2.75, 3.05) is 63.8 Å². The molecule has 0 unspecified atom stereocenters. The topological polar surface area (TPSA) is 66.9 Å². The van der Waals surface area contributed by atoms with E-state index in [0.29, 0.717) is 31.9 Å². The fraction of sp³-hybridized carbons (Fsp3) is 0.400. The molecular formula is C20H26N4O3. The van der Waals surface area contributed by atoms with E-state index in [0.717, 1.165) is 30.2 Å². The molecule has 1 amide bonds. The molecule has 1 aromatic heterocycles. The molecule has 2 aromatic rings. The minimum atomic E-state index is -0.0295. The number of hydrogen-bond acceptors (Lipinski definition) is 6. The summed E-state index contributed by atoms with van der Waals surface area (Å²) in [7, 11) is 3.34. The van der Waals surface area contributed by atoms with Gasteiger partial charge in [-0.3, -0.25) is 4.79 Å². The first-order chi connectivity index (χ1) is 13.2. The maximum absolute atomic E-state index is 12.7. The third-order valence-corrected chi connectivity index (χ3v) is 4.61. The van der Waals surface area contributed by atoms with Crippen LogP contribution in [0.5, 0.6) is 5.75 Å². The summed E-state index contributed by atoms with van der Waals surface area (Å²) in [4.78, 5) is 21.1. The highest BCUT2D eigenvalue weighted by molar-refractivity contribution is 5.92. The number of aromatic nitrogens is 1. The Morgan fingerprint density at radius 2 is 1.89 bits per heavy atom. The number of para-hydroxylation sites is 2. The molecule has 3 rings (SSSR count). The van der Waals surface area contributed by atoms with E-state index in [9.17, 15) is 4.79 Å². The van der Waals surface area contributed by atoms with Gasteiger partial charge in [0.15, 0.2) is 0 Å². The number of methoxy groups -OCH3 is 2. The van der Waals surface area contributed by atoms with Crippen LogP contribution >= 0.6 is 0 Å². The van der Waals surface area contributed by atoms with Crippen LogP contribution in [0.25, 0.3) is 0 Å². The number of nitrogens with zero attached hydrogens (tertiary/aromatic N) is 3. The first-order valence-electron chi connectivity index (χ1n) is 9.09. The van der Waals surface area contributed by atoms with E-state index < -0.39 is 0 Å². The average molecular weight is 370 g/mol. The zero-order valence-corrected chi connectivity index (χ0v) is 15.9. The lowest BCUT2D eigenvalue weighted by Gasteiger charge is -2.36. The number of pyridine rings is 1. The van der Waals surface area contributed by atoms with E-state index in [1.165, 1.54) is 0 Å². The molecule has 0 radical (unpaired) electrons. The Labute approximate surface area is 159 Å². The Morgan fingerprint density at radius 3 is 2.56 bits per heavy atom. The monoisotopic (exact) mass is 370 g/mol. The molecular weight excluding hydrogens is 344 g/mol. The van der Waals surface area contributed by atoms with Gasteiger partial charge in [0, 0.05) is 39.8 Å². The molecule has 0 aliphatic carbocycles. The number of benzene rings is 1. The number of piperazine rings is 1. The molecule has 2 heterocycles. The van der Waals surface area contributed by atoms with E-state index in [-0.39, 0.29) is 5.91 Å². The maximum atomic E-state index is 12.7. The van der Waals surface area contributed by atoms with Gasteiger partial charge in [-0.15, -0.1) is 0 Å². The summed E-state index contributed by atoms with van der Waals surface area (Å²) < 4.78 is 10.4. The van der Waals surface area contributed by atoms with Crippen molar-refractivity contribution >= 4 is 17.3 Å².